The quantitative estimate of drug-likeness (QED) is 0.266. The van der Waals surface area contributed by atoms with Crippen molar-refractivity contribution in [1.29, 1.82) is 0 Å². The van der Waals surface area contributed by atoms with Crippen LogP contribution in [0.4, 0.5) is 0 Å². The highest BCUT2D eigenvalue weighted by Crippen LogP contribution is 2.27. The number of halogens is 1. The molecule has 0 saturated carbocycles. The zero-order chi connectivity index (χ0) is 25.5. The Bertz CT molecular complexity index is 1290. The zero-order valence-electron chi connectivity index (χ0n) is 20.4. The van der Waals surface area contributed by atoms with E-state index in [1.807, 2.05) is 30.3 Å². The number of nitrogens with one attached hydrogen (secondary N) is 2. The van der Waals surface area contributed by atoms with E-state index in [9.17, 15) is 9.90 Å². The van der Waals surface area contributed by atoms with Crippen molar-refractivity contribution in [2.24, 2.45) is 0 Å². The number of aryl methyl sites for hydroxylation is 1. The van der Waals surface area contributed by atoms with Crippen molar-refractivity contribution in [3.63, 3.8) is 0 Å². The highest BCUT2D eigenvalue weighted by atomic mass is 35.5. The molecule has 0 aliphatic heterocycles. The molecule has 2 heterocycles. The molecule has 0 bridgehead atoms. The number of nitrogens with zero attached hydrogens (tertiary/aromatic N) is 1. The Morgan fingerprint density at radius 1 is 1.06 bits per heavy atom. The minimum atomic E-state index is -0.448. The maximum atomic E-state index is 13.0. The Morgan fingerprint density at radius 2 is 1.81 bits per heavy atom. The number of aliphatic hydroxyl groups is 1. The van der Waals surface area contributed by atoms with Crippen LogP contribution in [-0.2, 0) is 13.0 Å². The summed E-state index contributed by atoms with van der Waals surface area (Å²) in [7, 11) is 0. The Morgan fingerprint density at radius 3 is 2.53 bits per heavy atom. The van der Waals surface area contributed by atoms with Gasteiger partial charge >= 0.3 is 0 Å². The third-order valence-electron chi connectivity index (χ3n) is 6.10. The Balaban J connectivity index is 1.41. The Hall–Kier alpha value is -3.45. The number of carbonyl (C=O) groups excluding carboxylic acids is 1. The van der Waals surface area contributed by atoms with Crippen molar-refractivity contribution in [1.82, 2.24) is 15.6 Å². The van der Waals surface area contributed by atoms with Gasteiger partial charge in [-0.25, -0.2) is 0 Å². The molecule has 0 spiro atoms. The van der Waals surface area contributed by atoms with E-state index in [-0.39, 0.29) is 18.6 Å². The minimum absolute atomic E-state index is 0.177. The first-order valence-electron chi connectivity index (χ1n) is 11.9. The van der Waals surface area contributed by atoms with Crippen LogP contribution in [0.5, 0.6) is 0 Å². The third kappa shape index (κ3) is 6.61. The van der Waals surface area contributed by atoms with E-state index < -0.39 is 6.04 Å². The van der Waals surface area contributed by atoms with E-state index in [0.29, 0.717) is 29.3 Å². The normalized spacial score (nSPS) is 12.8. The van der Waals surface area contributed by atoms with Crippen LogP contribution in [0, 0.1) is 6.92 Å². The molecule has 0 saturated heterocycles. The largest absolute Gasteiger partial charge is 0.460 e. The summed E-state index contributed by atoms with van der Waals surface area (Å²) in [5.41, 5.74) is 4.49. The van der Waals surface area contributed by atoms with E-state index in [1.165, 1.54) is 11.1 Å². The third-order valence-corrected chi connectivity index (χ3v) is 6.43. The SMILES string of the molecule is Cc1ccc(C(C)NCc2ccc(-c3ccc(Cl)c(C(=O)N[C@@H](CO)Cc4ccncc4)c3)o2)cc1. The van der Waals surface area contributed by atoms with E-state index in [4.69, 9.17) is 16.0 Å². The van der Waals surface area contributed by atoms with Gasteiger partial charge in [-0.05, 0) is 73.9 Å². The topological polar surface area (TPSA) is 87.4 Å². The monoisotopic (exact) mass is 503 g/mol. The number of hydrogen-bond acceptors (Lipinski definition) is 5. The van der Waals surface area contributed by atoms with Crippen molar-refractivity contribution in [2.75, 3.05) is 6.61 Å². The van der Waals surface area contributed by atoms with E-state index in [1.54, 1.807) is 24.5 Å². The predicted molar refractivity (Wildman–Crippen MR) is 142 cm³/mol. The average molecular weight is 504 g/mol. The van der Waals surface area contributed by atoms with Crippen LogP contribution < -0.4 is 10.6 Å². The van der Waals surface area contributed by atoms with Crippen molar-refractivity contribution >= 4 is 17.5 Å². The van der Waals surface area contributed by atoms with Gasteiger partial charge in [-0.2, -0.15) is 0 Å². The lowest BCUT2D eigenvalue weighted by Crippen LogP contribution is -2.39. The molecule has 3 N–H and O–H groups in total. The van der Waals surface area contributed by atoms with E-state index >= 15 is 0 Å². The van der Waals surface area contributed by atoms with Crippen molar-refractivity contribution < 1.29 is 14.3 Å². The lowest BCUT2D eigenvalue weighted by Gasteiger charge is -2.17. The van der Waals surface area contributed by atoms with Crippen LogP contribution in [-0.4, -0.2) is 28.6 Å². The minimum Gasteiger partial charge on any atom is -0.460 e. The number of rotatable bonds is 10. The average Bonchev–Trinajstić information content (AvgIpc) is 3.37. The van der Waals surface area contributed by atoms with Gasteiger partial charge in [-0.1, -0.05) is 41.4 Å². The van der Waals surface area contributed by atoms with Gasteiger partial charge in [0.25, 0.3) is 5.91 Å². The van der Waals surface area contributed by atoms with Gasteiger partial charge in [0.1, 0.15) is 11.5 Å². The summed E-state index contributed by atoms with van der Waals surface area (Å²) < 4.78 is 6.05. The molecule has 1 unspecified atom stereocenters. The van der Waals surface area contributed by atoms with Gasteiger partial charge in [-0.15, -0.1) is 0 Å². The van der Waals surface area contributed by atoms with E-state index in [0.717, 1.165) is 16.9 Å². The smallest absolute Gasteiger partial charge is 0.253 e. The molecular formula is C29H30ClN3O3. The summed E-state index contributed by atoms with van der Waals surface area (Å²) in [5, 5.41) is 16.5. The molecular weight excluding hydrogens is 474 g/mol. The Labute approximate surface area is 216 Å². The number of aliphatic hydroxyl groups excluding tert-OH is 1. The number of carbonyl (C=O) groups is 1. The fourth-order valence-corrected chi connectivity index (χ4v) is 4.14. The molecule has 4 aromatic rings. The lowest BCUT2D eigenvalue weighted by atomic mass is 10.1. The summed E-state index contributed by atoms with van der Waals surface area (Å²) in [6.45, 7) is 4.57. The van der Waals surface area contributed by atoms with Crippen LogP contribution in [0.2, 0.25) is 5.02 Å². The molecule has 36 heavy (non-hydrogen) atoms. The van der Waals surface area contributed by atoms with Crippen molar-refractivity contribution in [3.05, 3.63) is 112 Å². The van der Waals surface area contributed by atoms with Gasteiger partial charge < -0.3 is 20.2 Å². The van der Waals surface area contributed by atoms with Crippen LogP contribution in [0.25, 0.3) is 11.3 Å². The molecule has 186 valence electrons. The Kier molecular flexibility index (Phi) is 8.54. The molecule has 4 rings (SSSR count). The number of furan rings is 1. The molecule has 7 heteroatoms. The summed E-state index contributed by atoms with van der Waals surface area (Å²) in [6.07, 6.45) is 3.85. The van der Waals surface area contributed by atoms with E-state index in [2.05, 4.69) is 53.7 Å². The molecule has 0 fully saturated rings. The number of pyridine rings is 1. The molecule has 0 aliphatic carbocycles. The first-order valence-corrected chi connectivity index (χ1v) is 12.3. The highest BCUT2D eigenvalue weighted by Gasteiger charge is 2.18. The zero-order valence-corrected chi connectivity index (χ0v) is 21.1. The molecule has 2 aromatic heterocycles. The molecule has 2 aromatic carbocycles. The summed E-state index contributed by atoms with van der Waals surface area (Å²) >= 11 is 6.35. The molecule has 0 aliphatic rings. The molecule has 2 atom stereocenters. The van der Waals surface area contributed by atoms with Crippen molar-refractivity contribution in [3.8, 4) is 11.3 Å². The lowest BCUT2D eigenvalue weighted by molar-refractivity contribution is 0.0916. The first kappa shape index (κ1) is 25.6. The number of amides is 1. The van der Waals surface area contributed by atoms with Crippen LogP contribution in [0.3, 0.4) is 0 Å². The maximum Gasteiger partial charge on any atom is 0.253 e. The summed E-state index contributed by atoms with van der Waals surface area (Å²) in [4.78, 5) is 17.0. The molecule has 6 nitrogen and oxygen atoms in total. The van der Waals surface area contributed by atoms with Gasteiger partial charge in [0.2, 0.25) is 0 Å². The number of hydrogen-bond donors (Lipinski definition) is 3. The second-order valence-corrected chi connectivity index (χ2v) is 9.29. The fourth-order valence-electron chi connectivity index (χ4n) is 3.94. The second-order valence-electron chi connectivity index (χ2n) is 8.89. The number of benzene rings is 2. The van der Waals surface area contributed by atoms with Crippen LogP contribution in [0.15, 0.2) is 83.5 Å². The highest BCUT2D eigenvalue weighted by molar-refractivity contribution is 6.34. The second kappa shape index (κ2) is 12.0. The first-order chi connectivity index (χ1) is 17.4. The predicted octanol–water partition coefficient (Wildman–Crippen LogP) is 5.49. The molecule has 0 radical (unpaired) electrons. The summed E-state index contributed by atoms with van der Waals surface area (Å²) in [6, 6.07) is 20.9. The van der Waals surface area contributed by atoms with Gasteiger partial charge in [0, 0.05) is 24.0 Å². The standard InChI is InChI=1S/C29H30ClN3O3/c1-19-3-5-22(6-4-19)20(2)32-17-25-8-10-28(36-25)23-7-9-27(30)26(16-23)29(35)33-24(18-34)15-21-11-13-31-14-12-21/h3-14,16,20,24,32,34H,15,17-18H2,1-2H3,(H,33,35)/t20?,24-/m1/s1. The van der Waals surface area contributed by atoms with Gasteiger partial charge in [0.15, 0.2) is 0 Å². The fraction of sp³-hybridized carbons (Fsp3) is 0.241. The maximum absolute atomic E-state index is 13.0. The number of aromatic nitrogens is 1. The van der Waals surface area contributed by atoms with Crippen LogP contribution in [0.1, 0.15) is 45.8 Å². The molecule has 1 amide bonds. The van der Waals surface area contributed by atoms with Gasteiger partial charge in [-0.3, -0.25) is 9.78 Å². The van der Waals surface area contributed by atoms with Crippen molar-refractivity contribution in [2.45, 2.75) is 38.9 Å². The summed E-state index contributed by atoms with van der Waals surface area (Å²) in [5.74, 6) is 1.09. The van der Waals surface area contributed by atoms with Crippen LogP contribution >= 0.6 is 11.6 Å². The van der Waals surface area contributed by atoms with Gasteiger partial charge in [0.05, 0.1) is 29.8 Å².